The highest BCUT2D eigenvalue weighted by atomic mass is 16.5. The van der Waals surface area contributed by atoms with Crippen LogP contribution in [-0.2, 0) is 17.9 Å². The number of hydrogen-bond acceptors (Lipinski definition) is 5. The molecule has 0 radical (unpaired) electrons. The third-order valence-corrected chi connectivity index (χ3v) is 3.95. The van der Waals surface area contributed by atoms with Gasteiger partial charge < -0.3 is 9.47 Å². The number of hydrazine groups is 1. The van der Waals surface area contributed by atoms with Crippen LogP contribution in [-0.4, -0.2) is 31.6 Å². The smallest absolute Gasteiger partial charge is 0.235 e. The molecule has 2 aromatic carbocycles. The molecular formula is C19H25N3O3. The van der Waals surface area contributed by atoms with Crippen molar-refractivity contribution in [3.63, 3.8) is 0 Å². The van der Waals surface area contributed by atoms with Crippen molar-refractivity contribution in [2.24, 2.45) is 5.84 Å². The predicted molar refractivity (Wildman–Crippen MR) is 97.0 cm³/mol. The van der Waals surface area contributed by atoms with E-state index in [1.54, 1.807) is 14.2 Å². The van der Waals surface area contributed by atoms with Crippen LogP contribution in [0.5, 0.6) is 11.5 Å². The minimum Gasteiger partial charge on any atom is -0.497 e. The Morgan fingerprint density at radius 2 is 1.36 bits per heavy atom. The van der Waals surface area contributed by atoms with E-state index in [9.17, 15) is 4.79 Å². The van der Waals surface area contributed by atoms with Gasteiger partial charge >= 0.3 is 0 Å². The van der Waals surface area contributed by atoms with Crippen LogP contribution in [0.3, 0.4) is 0 Å². The van der Waals surface area contributed by atoms with Crippen molar-refractivity contribution in [1.29, 1.82) is 0 Å². The zero-order valence-electron chi connectivity index (χ0n) is 14.7. The number of hydrogen-bond donors (Lipinski definition) is 2. The van der Waals surface area contributed by atoms with Crippen molar-refractivity contribution >= 4 is 5.91 Å². The van der Waals surface area contributed by atoms with Crippen LogP contribution in [0, 0.1) is 0 Å². The van der Waals surface area contributed by atoms with Gasteiger partial charge in [-0.1, -0.05) is 24.3 Å². The van der Waals surface area contributed by atoms with Crippen molar-refractivity contribution in [2.75, 3.05) is 20.8 Å². The van der Waals surface area contributed by atoms with Crippen molar-refractivity contribution in [3.05, 3.63) is 59.7 Å². The first-order valence-corrected chi connectivity index (χ1v) is 8.12. The maximum absolute atomic E-state index is 11.5. The second kappa shape index (κ2) is 9.66. The lowest BCUT2D eigenvalue weighted by Crippen LogP contribution is -2.34. The highest BCUT2D eigenvalue weighted by Gasteiger charge is 2.10. The summed E-state index contributed by atoms with van der Waals surface area (Å²) < 4.78 is 10.4. The Morgan fingerprint density at radius 3 is 1.72 bits per heavy atom. The van der Waals surface area contributed by atoms with E-state index >= 15 is 0 Å². The molecule has 2 aromatic rings. The standard InChI is InChI=1S/C19H25N3O3/c1-24-17-7-3-15(4-8-17)13-22(12-11-19(23)21-20)14-16-5-9-18(25-2)10-6-16/h3-10H,11-14,20H2,1-2H3,(H,21,23). The Kier molecular flexibility index (Phi) is 7.25. The van der Waals surface area contributed by atoms with Gasteiger partial charge in [-0.2, -0.15) is 0 Å². The van der Waals surface area contributed by atoms with Crippen molar-refractivity contribution in [1.82, 2.24) is 10.3 Å². The molecule has 0 unspecified atom stereocenters. The Hall–Kier alpha value is -2.57. The van der Waals surface area contributed by atoms with E-state index in [2.05, 4.69) is 10.3 Å². The summed E-state index contributed by atoms with van der Waals surface area (Å²) in [5, 5.41) is 0. The first-order chi connectivity index (χ1) is 12.1. The normalized spacial score (nSPS) is 10.6. The number of nitrogens with two attached hydrogens (primary N) is 1. The summed E-state index contributed by atoms with van der Waals surface area (Å²) in [6.45, 7) is 2.07. The highest BCUT2D eigenvalue weighted by molar-refractivity contribution is 5.75. The van der Waals surface area contributed by atoms with Gasteiger partial charge in [-0.15, -0.1) is 0 Å². The fraction of sp³-hybridized carbons (Fsp3) is 0.316. The number of nitrogens with zero attached hydrogens (tertiary/aromatic N) is 1. The molecule has 3 N–H and O–H groups in total. The first-order valence-electron chi connectivity index (χ1n) is 8.12. The summed E-state index contributed by atoms with van der Waals surface area (Å²) in [5.74, 6) is 6.66. The van der Waals surface area contributed by atoms with Gasteiger partial charge in [0.1, 0.15) is 11.5 Å². The lowest BCUT2D eigenvalue weighted by molar-refractivity contribution is -0.121. The zero-order chi connectivity index (χ0) is 18.1. The van der Waals surface area contributed by atoms with Crippen LogP contribution in [0.15, 0.2) is 48.5 Å². The topological polar surface area (TPSA) is 76.8 Å². The minimum atomic E-state index is -0.172. The molecule has 0 aliphatic carbocycles. The molecule has 0 fully saturated rings. The monoisotopic (exact) mass is 343 g/mol. The van der Waals surface area contributed by atoms with Gasteiger partial charge in [0, 0.05) is 26.1 Å². The van der Waals surface area contributed by atoms with Crippen LogP contribution in [0.2, 0.25) is 0 Å². The van der Waals surface area contributed by atoms with E-state index in [0.29, 0.717) is 13.0 Å². The number of ether oxygens (including phenoxy) is 2. The zero-order valence-corrected chi connectivity index (χ0v) is 14.7. The van der Waals surface area contributed by atoms with E-state index in [0.717, 1.165) is 35.7 Å². The number of carbonyl (C=O) groups excluding carboxylic acids is 1. The average molecular weight is 343 g/mol. The molecule has 0 bridgehead atoms. The summed E-state index contributed by atoms with van der Waals surface area (Å²) in [6.07, 6.45) is 0.350. The second-order valence-corrected chi connectivity index (χ2v) is 5.72. The quantitative estimate of drug-likeness (QED) is 0.414. The number of benzene rings is 2. The lowest BCUT2D eigenvalue weighted by Gasteiger charge is -2.22. The second-order valence-electron chi connectivity index (χ2n) is 5.72. The number of methoxy groups -OCH3 is 2. The van der Waals surface area contributed by atoms with Crippen LogP contribution in [0.25, 0.3) is 0 Å². The minimum absolute atomic E-state index is 0.172. The van der Waals surface area contributed by atoms with Crippen molar-refractivity contribution in [2.45, 2.75) is 19.5 Å². The van der Waals surface area contributed by atoms with Crippen LogP contribution in [0.4, 0.5) is 0 Å². The molecule has 0 aliphatic heterocycles. The maximum Gasteiger partial charge on any atom is 0.235 e. The summed E-state index contributed by atoms with van der Waals surface area (Å²) in [6, 6.07) is 15.9. The number of amides is 1. The van der Waals surface area contributed by atoms with Gasteiger partial charge in [0.2, 0.25) is 5.91 Å². The van der Waals surface area contributed by atoms with Crippen LogP contribution < -0.4 is 20.7 Å². The molecule has 0 saturated heterocycles. The Bertz CT molecular complexity index is 607. The Labute approximate surface area is 148 Å². The summed E-state index contributed by atoms with van der Waals surface area (Å²) in [7, 11) is 3.30. The average Bonchev–Trinajstić information content (AvgIpc) is 2.67. The summed E-state index contributed by atoms with van der Waals surface area (Å²) in [5.41, 5.74) is 4.49. The van der Waals surface area contributed by atoms with E-state index in [1.165, 1.54) is 0 Å². The molecule has 0 atom stereocenters. The van der Waals surface area contributed by atoms with E-state index < -0.39 is 0 Å². The molecule has 0 heterocycles. The Morgan fingerprint density at radius 1 is 0.920 bits per heavy atom. The largest absolute Gasteiger partial charge is 0.497 e. The number of nitrogens with one attached hydrogen (secondary N) is 1. The first kappa shape index (κ1) is 18.8. The molecule has 6 nitrogen and oxygen atoms in total. The van der Waals surface area contributed by atoms with E-state index in [-0.39, 0.29) is 5.91 Å². The lowest BCUT2D eigenvalue weighted by atomic mass is 10.1. The summed E-state index contributed by atoms with van der Waals surface area (Å²) >= 11 is 0. The van der Waals surface area contributed by atoms with E-state index in [1.807, 2.05) is 48.5 Å². The molecular weight excluding hydrogens is 318 g/mol. The third kappa shape index (κ3) is 6.10. The number of carbonyl (C=O) groups is 1. The molecule has 1 amide bonds. The molecule has 0 saturated carbocycles. The van der Waals surface area contributed by atoms with Crippen LogP contribution in [0.1, 0.15) is 17.5 Å². The van der Waals surface area contributed by atoms with Gasteiger partial charge in [-0.3, -0.25) is 15.1 Å². The Balaban J connectivity index is 2.05. The molecule has 0 aromatic heterocycles. The third-order valence-electron chi connectivity index (χ3n) is 3.95. The fourth-order valence-corrected chi connectivity index (χ4v) is 2.52. The molecule has 25 heavy (non-hydrogen) atoms. The van der Waals surface area contributed by atoms with Gasteiger partial charge in [0.15, 0.2) is 0 Å². The van der Waals surface area contributed by atoms with E-state index in [4.69, 9.17) is 15.3 Å². The molecule has 0 spiro atoms. The predicted octanol–water partition coefficient (Wildman–Crippen LogP) is 2.09. The number of rotatable bonds is 9. The van der Waals surface area contributed by atoms with Gasteiger partial charge in [0.25, 0.3) is 0 Å². The molecule has 0 aliphatic rings. The molecule has 134 valence electrons. The van der Waals surface area contributed by atoms with Crippen molar-refractivity contribution in [3.8, 4) is 11.5 Å². The molecule has 6 heteroatoms. The van der Waals surface area contributed by atoms with Gasteiger partial charge in [0.05, 0.1) is 14.2 Å². The fourth-order valence-electron chi connectivity index (χ4n) is 2.52. The van der Waals surface area contributed by atoms with Crippen LogP contribution >= 0.6 is 0 Å². The van der Waals surface area contributed by atoms with Gasteiger partial charge in [-0.05, 0) is 35.4 Å². The van der Waals surface area contributed by atoms with Gasteiger partial charge in [-0.25, -0.2) is 5.84 Å². The molecule has 2 rings (SSSR count). The SMILES string of the molecule is COc1ccc(CN(CCC(=O)NN)Cc2ccc(OC)cc2)cc1. The van der Waals surface area contributed by atoms with Crippen molar-refractivity contribution < 1.29 is 14.3 Å². The highest BCUT2D eigenvalue weighted by Crippen LogP contribution is 2.17. The maximum atomic E-state index is 11.5. The summed E-state index contributed by atoms with van der Waals surface area (Å²) in [4.78, 5) is 13.7.